The van der Waals surface area contributed by atoms with Crippen molar-refractivity contribution in [3.63, 3.8) is 0 Å². The van der Waals surface area contributed by atoms with E-state index in [-0.39, 0.29) is 31.3 Å². The number of amides is 4. The third-order valence-electron chi connectivity index (χ3n) is 8.08. The Morgan fingerprint density at radius 1 is 0.760 bits per heavy atom. The molecule has 0 aliphatic heterocycles. The Kier molecular flexibility index (Phi) is 13.3. The summed E-state index contributed by atoms with van der Waals surface area (Å²) >= 11 is 0. The Labute approximate surface area is 292 Å². The van der Waals surface area contributed by atoms with Gasteiger partial charge in [0.15, 0.2) is 5.96 Å². The Morgan fingerprint density at radius 3 is 2.08 bits per heavy atom. The van der Waals surface area contributed by atoms with Gasteiger partial charge in [0.1, 0.15) is 23.9 Å². The van der Waals surface area contributed by atoms with E-state index in [2.05, 4.69) is 26.3 Å². The lowest BCUT2D eigenvalue weighted by molar-refractivity contribution is -0.132. The van der Waals surface area contributed by atoms with Crippen molar-refractivity contribution < 1.29 is 23.9 Å². The van der Waals surface area contributed by atoms with E-state index in [0.717, 1.165) is 16.3 Å². The number of ether oxygens (including phenoxy) is 1. The van der Waals surface area contributed by atoms with Gasteiger partial charge in [0, 0.05) is 35.7 Å². The van der Waals surface area contributed by atoms with Crippen LogP contribution in [0.3, 0.4) is 0 Å². The second-order valence-corrected chi connectivity index (χ2v) is 12.2. The average Bonchev–Trinajstić information content (AvgIpc) is 3.11. The van der Waals surface area contributed by atoms with Crippen molar-refractivity contribution in [3.05, 3.63) is 108 Å². The van der Waals surface area contributed by atoms with Gasteiger partial charge < -0.3 is 37.5 Å². The molecule has 50 heavy (non-hydrogen) atoms. The predicted molar refractivity (Wildman–Crippen MR) is 196 cm³/mol. The van der Waals surface area contributed by atoms with Crippen LogP contribution in [0.4, 0.5) is 5.69 Å². The van der Waals surface area contributed by atoms with Gasteiger partial charge in [0.25, 0.3) is 5.91 Å². The average molecular weight is 680 g/mol. The molecule has 8 N–H and O–H groups in total. The minimum atomic E-state index is -1.02. The van der Waals surface area contributed by atoms with E-state index in [1.807, 2.05) is 60.7 Å². The topological polar surface area (TPSA) is 190 Å². The van der Waals surface area contributed by atoms with Crippen LogP contribution in [0.2, 0.25) is 0 Å². The lowest BCUT2D eigenvalue weighted by Crippen LogP contribution is -2.58. The lowest BCUT2D eigenvalue weighted by Gasteiger charge is -2.27. The number of carbonyl (C=O) groups excluding carboxylic acids is 4. The highest BCUT2D eigenvalue weighted by atomic mass is 16.5. The molecule has 4 aromatic rings. The van der Waals surface area contributed by atoms with Crippen molar-refractivity contribution in [2.24, 2.45) is 22.4 Å². The number of guanidine groups is 1. The van der Waals surface area contributed by atoms with Crippen LogP contribution < -0.4 is 37.5 Å². The van der Waals surface area contributed by atoms with Crippen LogP contribution in [0, 0.1) is 5.92 Å². The van der Waals surface area contributed by atoms with Gasteiger partial charge in [-0.05, 0) is 47.9 Å². The number of rotatable bonds is 16. The first kappa shape index (κ1) is 36.9. The van der Waals surface area contributed by atoms with Crippen LogP contribution >= 0.6 is 0 Å². The summed E-state index contributed by atoms with van der Waals surface area (Å²) in [6.07, 6.45) is 0.797. The standard InChI is InChI=1S/C38H45N7O5/c1-24(2)33(45-36(48)31(21-25-13-6-4-7-14-25)44-34(46)26-15-8-5-9-16-26)37(49)43-30(19-12-20-41-38(39)40)35(47)42-28-22-27-17-10-11-18-29(27)32(23-28)50-3/h4-11,13-18,22-24,30-31,33H,12,19-21H2,1-3H3,(H,42,47)(H,43,49)(H,44,46)(H,45,48)(H4,39,40,41)/t30-,31-,33+/m0/s1. The van der Waals surface area contributed by atoms with Gasteiger partial charge in [-0.15, -0.1) is 0 Å². The fourth-order valence-corrected chi connectivity index (χ4v) is 5.46. The minimum absolute atomic E-state index is 0.0784. The smallest absolute Gasteiger partial charge is 0.251 e. The number of carbonyl (C=O) groups is 4. The van der Waals surface area contributed by atoms with Gasteiger partial charge >= 0.3 is 0 Å². The number of benzene rings is 4. The van der Waals surface area contributed by atoms with Crippen molar-refractivity contribution in [3.8, 4) is 5.75 Å². The molecule has 0 aliphatic rings. The van der Waals surface area contributed by atoms with Crippen molar-refractivity contribution in [1.82, 2.24) is 16.0 Å². The van der Waals surface area contributed by atoms with Crippen LogP contribution in [0.5, 0.6) is 5.75 Å². The van der Waals surface area contributed by atoms with Crippen molar-refractivity contribution in [1.29, 1.82) is 0 Å². The zero-order valence-corrected chi connectivity index (χ0v) is 28.5. The molecule has 0 unspecified atom stereocenters. The molecule has 4 aromatic carbocycles. The second-order valence-electron chi connectivity index (χ2n) is 12.2. The van der Waals surface area contributed by atoms with E-state index in [1.165, 1.54) is 0 Å². The molecule has 3 atom stereocenters. The number of aliphatic imine (C=N–C) groups is 1. The Balaban J connectivity index is 1.53. The van der Waals surface area contributed by atoms with E-state index in [0.29, 0.717) is 23.4 Å². The van der Waals surface area contributed by atoms with Crippen molar-refractivity contribution >= 4 is 46.0 Å². The highest BCUT2D eigenvalue weighted by molar-refractivity contribution is 6.02. The van der Waals surface area contributed by atoms with Gasteiger partial charge in [-0.25, -0.2) is 0 Å². The number of methoxy groups -OCH3 is 1. The molecule has 12 heteroatoms. The number of hydrogen-bond acceptors (Lipinski definition) is 6. The third-order valence-corrected chi connectivity index (χ3v) is 8.08. The fourth-order valence-electron chi connectivity index (χ4n) is 5.46. The number of anilines is 1. The number of hydrogen-bond donors (Lipinski definition) is 6. The quantitative estimate of drug-likeness (QED) is 0.0593. The zero-order chi connectivity index (χ0) is 36.0. The Morgan fingerprint density at radius 2 is 1.42 bits per heavy atom. The highest BCUT2D eigenvalue weighted by Gasteiger charge is 2.32. The monoisotopic (exact) mass is 679 g/mol. The van der Waals surface area contributed by atoms with E-state index < -0.39 is 41.8 Å². The third kappa shape index (κ3) is 10.5. The Hall–Kier alpha value is -5.91. The molecule has 262 valence electrons. The van der Waals surface area contributed by atoms with Gasteiger partial charge in [0.05, 0.1) is 7.11 Å². The predicted octanol–water partition coefficient (Wildman–Crippen LogP) is 3.51. The van der Waals surface area contributed by atoms with Crippen LogP contribution in [0.1, 0.15) is 42.6 Å². The number of nitrogens with two attached hydrogens (primary N) is 2. The molecule has 12 nitrogen and oxygen atoms in total. The maximum atomic E-state index is 13.8. The summed E-state index contributed by atoms with van der Waals surface area (Å²) in [5.41, 5.74) is 12.7. The molecule has 0 spiro atoms. The zero-order valence-electron chi connectivity index (χ0n) is 28.5. The second kappa shape index (κ2) is 18.0. The van der Waals surface area contributed by atoms with E-state index in [1.54, 1.807) is 57.4 Å². The maximum absolute atomic E-state index is 13.8. The molecule has 4 rings (SSSR count). The molecule has 4 amide bonds. The van der Waals surface area contributed by atoms with Crippen molar-refractivity contribution in [2.45, 2.75) is 51.2 Å². The SMILES string of the molecule is COc1cc(NC(=O)[C@H](CCCN=C(N)N)NC(=O)[C@H](NC(=O)[C@H](Cc2ccccc2)NC(=O)c2ccccc2)C(C)C)cc2ccccc12. The summed E-state index contributed by atoms with van der Waals surface area (Å²) in [7, 11) is 1.55. The first-order chi connectivity index (χ1) is 24.0. The summed E-state index contributed by atoms with van der Waals surface area (Å²) in [5.74, 6) is -1.84. The van der Waals surface area contributed by atoms with Gasteiger partial charge in [-0.2, -0.15) is 0 Å². The van der Waals surface area contributed by atoms with Crippen molar-refractivity contribution in [2.75, 3.05) is 19.0 Å². The van der Waals surface area contributed by atoms with E-state index in [9.17, 15) is 19.2 Å². The molecular weight excluding hydrogens is 634 g/mol. The van der Waals surface area contributed by atoms with Crippen LogP contribution in [-0.4, -0.2) is 61.4 Å². The number of nitrogens with zero attached hydrogens (tertiary/aromatic N) is 1. The highest BCUT2D eigenvalue weighted by Crippen LogP contribution is 2.30. The summed E-state index contributed by atoms with van der Waals surface area (Å²) in [5, 5.41) is 13.2. The number of fused-ring (bicyclic) bond motifs is 1. The lowest BCUT2D eigenvalue weighted by atomic mass is 10.00. The molecule has 0 aliphatic carbocycles. The van der Waals surface area contributed by atoms with Gasteiger partial charge in [0.2, 0.25) is 17.7 Å². The first-order valence-electron chi connectivity index (χ1n) is 16.5. The molecule has 0 fully saturated rings. The summed E-state index contributed by atoms with van der Waals surface area (Å²) in [4.78, 5) is 58.5. The summed E-state index contributed by atoms with van der Waals surface area (Å²) in [6, 6.07) is 26.0. The summed E-state index contributed by atoms with van der Waals surface area (Å²) in [6.45, 7) is 3.82. The molecular formula is C38H45N7O5. The van der Waals surface area contributed by atoms with E-state index >= 15 is 0 Å². The van der Waals surface area contributed by atoms with Crippen LogP contribution in [-0.2, 0) is 20.8 Å². The van der Waals surface area contributed by atoms with Crippen LogP contribution in [0.25, 0.3) is 10.8 Å². The van der Waals surface area contributed by atoms with E-state index in [4.69, 9.17) is 16.2 Å². The largest absolute Gasteiger partial charge is 0.496 e. The molecule has 0 saturated carbocycles. The maximum Gasteiger partial charge on any atom is 0.251 e. The fraction of sp³-hybridized carbons (Fsp3) is 0.289. The molecule has 0 bridgehead atoms. The van der Waals surface area contributed by atoms with Crippen LogP contribution in [0.15, 0.2) is 102 Å². The Bertz CT molecular complexity index is 1790. The minimum Gasteiger partial charge on any atom is -0.496 e. The van der Waals surface area contributed by atoms with Gasteiger partial charge in [-0.3, -0.25) is 24.2 Å². The normalized spacial score (nSPS) is 12.6. The summed E-state index contributed by atoms with van der Waals surface area (Å²) < 4.78 is 5.55. The molecule has 0 saturated heterocycles. The molecule has 0 aromatic heterocycles. The number of nitrogens with one attached hydrogen (secondary N) is 4. The van der Waals surface area contributed by atoms with Gasteiger partial charge in [-0.1, -0.05) is 86.6 Å². The molecule has 0 radical (unpaired) electrons. The first-order valence-corrected chi connectivity index (χ1v) is 16.5. The molecule has 0 heterocycles.